The Labute approximate surface area is 187 Å². The molecule has 0 aromatic rings. The molecule has 6 unspecified atom stereocenters. The van der Waals surface area contributed by atoms with Crippen molar-refractivity contribution in [3.8, 4) is 0 Å². The molecule has 15 nitrogen and oxygen atoms in total. The quantitative estimate of drug-likeness (QED) is 0.176. The zero-order valence-electron chi connectivity index (χ0n) is 17.6. The molecule has 3 aliphatic heterocycles. The normalized spacial score (nSPS) is 53.6. The average molecular weight is 486 g/mol. The number of carboxylic acid groups (broad SMARTS) is 1. The molecule has 33 heavy (non-hydrogen) atoms. The first-order valence-corrected chi connectivity index (χ1v) is 10.3. The summed E-state index contributed by atoms with van der Waals surface area (Å²) in [4.78, 5) is 11.3. The molecule has 3 heterocycles. The third-order valence-electron chi connectivity index (χ3n) is 5.98. The number of carbonyl (C=O) groups is 1. The molecule has 192 valence electrons. The van der Waals surface area contributed by atoms with E-state index in [2.05, 4.69) is 0 Å². The van der Waals surface area contributed by atoms with Crippen LogP contribution in [0.25, 0.3) is 0 Å². The largest absolute Gasteiger partial charge is 0.479 e. The predicted molar refractivity (Wildman–Crippen MR) is 99.0 cm³/mol. The molecule has 0 saturated carbocycles. The fraction of sp³-hybridized carbons (Fsp3) is 0.944. The zero-order chi connectivity index (χ0) is 24.8. The molecular formula is C18H30O15. The van der Waals surface area contributed by atoms with E-state index in [-0.39, 0.29) is 0 Å². The van der Waals surface area contributed by atoms with Crippen molar-refractivity contribution in [3.05, 3.63) is 0 Å². The van der Waals surface area contributed by atoms with Gasteiger partial charge in [0.2, 0.25) is 0 Å². The topological polar surface area (TPSA) is 245 Å². The maximum atomic E-state index is 11.3. The van der Waals surface area contributed by atoms with Gasteiger partial charge in [0.25, 0.3) is 0 Å². The van der Waals surface area contributed by atoms with Gasteiger partial charge in [0, 0.05) is 0 Å². The van der Waals surface area contributed by atoms with Crippen molar-refractivity contribution < 1.29 is 74.4 Å². The smallest absolute Gasteiger partial charge is 0.335 e. The molecule has 0 aromatic heterocycles. The fourth-order valence-corrected chi connectivity index (χ4v) is 3.90. The van der Waals surface area contributed by atoms with Crippen LogP contribution >= 0.6 is 0 Å². The molecule has 0 aromatic carbocycles. The molecule has 0 bridgehead atoms. The van der Waals surface area contributed by atoms with E-state index in [1.165, 1.54) is 13.8 Å². The Hall–Kier alpha value is -1.05. The van der Waals surface area contributed by atoms with Crippen LogP contribution in [0.15, 0.2) is 0 Å². The van der Waals surface area contributed by atoms with E-state index in [9.17, 15) is 50.8 Å². The van der Waals surface area contributed by atoms with Crippen molar-refractivity contribution in [2.75, 3.05) is 0 Å². The summed E-state index contributed by atoms with van der Waals surface area (Å²) in [6.07, 6.45) is -25.0. The Morgan fingerprint density at radius 2 is 1.18 bits per heavy atom. The lowest BCUT2D eigenvalue weighted by molar-refractivity contribution is -0.381. The number of aliphatic hydroxyl groups excluding tert-OH is 8. The highest BCUT2D eigenvalue weighted by molar-refractivity contribution is 5.73. The van der Waals surface area contributed by atoms with E-state index in [4.69, 9.17) is 23.7 Å². The van der Waals surface area contributed by atoms with Gasteiger partial charge < -0.3 is 69.6 Å². The fourth-order valence-electron chi connectivity index (χ4n) is 3.90. The van der Waals surface area contributed by atoms with Crippen LogP contribution in [0.1, 0.15) is 13.8 Å². The maximum absolute atomic E-state index is 11.3. The molecule has 0 aliphatic carbocycles. The van der Waals surface area contributed by atoms with Crippen LogP contribution in [0.2, 0.25) is 0 Å². The molecule has 15 atom stereocenters. The standard InChI is InChI=1S/C18H30O15/c1-3-5(19)8(22)14(33-17-10(24)7(21)9(23)13(32-17)15(26)27)18(30-3)31-12-6(20)4(2)29-16(28)11(12)25/h3-14,16-25,28H,1-2H3,(H,26,27)/t3?,4?,5-,6-,7-,8+,9+,10?,11?,12+,13?,14?,16-,17-,18+/m1/s1. The van der Waals surface area contributed by atoms with Gasteiger partial charge in [0.15, 0.2) is 25.0 Å². The van der Waals surface area contributed by atoms with E-state index < -0.39 is 98.1 Å². The Bertz CT molecular complexity index is 665. The van der Waals surface area contributed by atoms with Crippen molar-refractivity contribution in [2.24, 2.45) is 0 Å². The lowest BCUT2D eigenvalue weighted by atomic mass is 9.96. The van der Waals surface area contributed by atoms with Crippen LogP contribution in [0, 0.1) is 0 Å². The monoisotopic (exact) mass is 486 g/mol. The van der Waals surface area contributed by atoms with Gasteiger partial charge in [-0.15, -0.1) is 0 Å². The van der Waals surface area contributed by atoms with Gasteiger partial charge in [0.1, 0.15) is 54.9 Å². The SMILES string of the molecule is CC1O[C@@H](O[C@@H]2C(O)[C@H](O)OC(C)[C@H]2O)C(O[C@H]2OC(C(=O)O)[C@@H](O)[C@@H](O)C2O)[C@@H](O)[C@@H]1O. The van der Waals surface area contributed by atoms with Gasteiger partial charge in [-0.25, -0.2) is 4.79 Å². The summed E-state index contributed by atoms with van der Waals surface area (Å²) >= 11 is 0. The highest BCUT2D eigenvalue weighted by atomic mass is 16.8. The Kier molecular flexibility index (Phi) is 8.28. The second kappa shape index (κ2) is 10.3. The molecule has 9 N–H and O–H groups in total. The van der Waals surface area contributed by atoms with E-state index in [0.717, 1.165) is 0 Å². The van der Waals surface area contributed by atoms with Crippen LogP contribution in [0.5, 0.6) is 0 Å². The van der Waals surface area contributed by atoms with Crippen molar-refractivity contribution >= 4 is 5.97 Å². The molecule has 3 rings (SSSR count). The van der Waals surface area contributed by atoms with Gasteiger partial charge >= 0.3 is 5.97 Å². The number of hydrogen-bond acceptors (Lipinski definition) is 14. The number of rotatable bonds is 5. The first-order chi connectivity index (χ1) is 15.3. The van der Waals surface area contributed by atoms with Crippen molar-refractivity contribution in [2.45, 2.75) is 106 Å². The number of ether oxygens (including phenoxy) is 5. The number of aliphatic hydroxyl groups is 8. The van der Waals surface area contributed by atoms with Crippen LogP contribution in [0.3, 0.4) is 0 Å². The van der Waals surface area contributed by atoms with Crippen molar-refractivity contribution in [3.63, 3.8) is 0 Å². The summed E-state index contributed by atoms with van der Waals surface area (Å²) in [5.41, 5.74) is 0. The summed E-state index contributed by atoms with van der Waals surface area (Å²) in [5, 5.41) is 90.3. The number of hydrogen-bond donors (Lipinski definition) is 9. The molecule has 0 amide bonds. The summed E-state index contributed by atoms with van der Waals surface area (Å²) < 4.78 is 26.5. The minimum absolute atomic E-state index is 0.972. The van der Waals surface area contributed by atoms with E-state index in [0.29, 0.717) is 0 Å². The third kappa shape index (κ3) is 5.15. The lowest BCUT2D eigenvalue weighted by Gasteiger charge is -2.47. The average Bonchev–Trinajstić information content (AvgIpc) is 2.75. The van der Waals surface area contributed by atoms with Crippen molar-refractivity contribution in [1.82, 2.24) is 0 Å². The Morgan fingerprint density at radius 3 is 1.79 bits per heavy atom. The summed E-state index contributed by atoms with van der Waals surface area (Å²) in [6.45, 7) is 2.78. The van der Waals surface area contributed by atoms with E-state index in [1.807, 2.05) is 0 Å². The summed E-state index contributed by atoms with van der Waals surface area (Å²) in [6, 6.07) is 0. The zero-order valence-corrected chi connectivity index (χ0v) is 17.6. The number of aliphatic carboxylic acids is 1. The van der Waals surface area contributed by atoms with Crippen LogP contribution in [-0.2, 0) is 28.5 Å². The Balaban J connectivity index is 1.83. The van der Waals surface area contributed by atoms with Gasteiger partial charge in [-0.3, -0.25) is 0 Å². The number of carboxylic acids is 1. The van der Waals surface area contributed by atoms with Gasteiger partial charge in [-0.1, -0.05) is 0 Å². The lowest BCUT2D eigenvalue weighted by Crippen LogP contribution is -2.66. The highest BCUT2D eigenvalue weighted by Gasteiger charge is 2.53. The summed E-state index contributed by atoms with van der Waals surface area (Å²) in [7, 11) is 0. The Morgan fingerprint density at radius 1 is 0.606 bits per heavy atom. The first-order valence-electron chi connectivity index (χ1n) is 10.3. The summed E-state index contributed by atoms with van der Waals surface area (Å²) in [5.74, 6) is -1.67. The minimum Gasteiger partial charge on any atom is -0.479 e. The minimum atomic E-state index is -2.00. The molecule has 3 aliphatic rings. The molecule has 0 spiro atoms. The van der Waals surface area contributed by atoms with Crippen molar-refractivity contribution in [1.29, 1.82) is 0 Å². The molecule has 3 fully saturated rings. The van der Waals surface area contributed by atoms with Gasteiger partial charge in [-0.05, 0) is 13.8 Å². The van der Waals surface area contributed by atoms with E-state index in [1.54, 1.807) is 0 Å². The molecule has 15 heteroatoms. The molecule has 3 saturated heterocycles. The van der Waals surface area contributed by atoms with Crippen LogP contribution in [0.4, 0.5) is 0 Å². The molecule has 0 radical (unpaired) electrons. The van der Waals surface area contributed by atoms with Crippen LogP contribution in [-0.4, -0.2) is 144 Å². The molecular weight excluding hydrogens is 456 g/mol. The third-order valence-corrected chi connectivity index (χ3v) is 5.98. The maximum Gasteiger partial charge on any atom is 0.335 e. The van der Waals surface area contributed by atoms with Crippen LogP contribution < -0.4 is 0 Å². The van der Waals surface area contributed by atoms with E-state index >= 15 is 0 Å². The van der Waals surface area contributed by atoms with Gasteiger partial charge in [0.05, 0.1) is 12.2 Å². The second-order valence-electron chi connectivity index (χ2n) is 8.34. The predicted octanol–water partition coefficient (Wildman–Crippen LogP) is -5.43. The first kappa shape index (κ1) is 26.6. The highest BCUT2D eigenvalue weighted by Crippen LogP contribution is 2.32. The van der Waals surface area contributed by atoms with Gasteiger partial charge in [-0.2, -0.15) is 0 Å². The second-order valence-corrected chi connectivity index (χ2v) is 8.34.